The van der Waals surface area contributed by atoms with Crippen molar-refractivity contribution in [2.24, 2.45) is 90.7 Å². The van der Waals surface area contributed by atoms with Crippen LogP contribution < -0.4 is 0 Å². The minimum absolute atomic E-state index is 0.00219. The van der Waals surface area contributed by atoms with E-state index in [2.05, 4.69) is 125 Å². The van der Waals surface area contributed by atoms with Crippen LogP contribution in [0.3, 0.4) is 0 Å². The second-order valence-electron chi connectivity index (χ2n) is 36.9. The van der Waals surface area contributed by atoms with Crippen LogP contribution in [0.25, 0.3) is 0 Å². The van der Waals surface area contributed by atoms with Crippen molar-refractivity contribution in [3.8, 4) is 0 Å². The Labute approximate surface area is 610 Å². The van der Waals surface area contributed by atoms with Crippen molar-refractivity contribution in [1.29, 1.82) is 0 Å². The number of benzene rings is 4. The van der Waals surface area contributed by atoms with Gasteiger partial charge in [-0.25, -0.2) is 0 Å². The second-order valence-corrected chi connectivity index (χ2v) is 36.9. The monoisotopic (exact) mass is 1360 g/mol. The Bertz CT molecular complexity index is 3210. The van der Waals surface area contributed by atoms with Crippen molar-refractivity contribution in [2.75, 3.05) is 0 Å². The lowest BCUT2D eigenvalue weighted by Gasteiger charge is -2.50. The number of aryl methyl sites for hydroxylation is 4. The van der Waals surface area contributed by atoms with Gasteiger partial charge in [0.15, 0.2) is 0 Å². The summed E-state index contributed by atoms with van der Waals surface area (Å²) in [5, 5.41) is 22.6. The van der Waals surface area contributed by atoms with Gasteiger partial charge in [-0.2, -0.15) is 0 Å². The van der Waals surface area contributed by atoms with E-state index in [0.29, 0.717) is 23.4 Å². The van der Waals surface area contributed by atoms with Gasteiger partial charge in [-0.05, 0) is 317 Å². The second kappa shape index (κ2) is 29.8. The average molecular weight is 1360 g/mol. The molecule has 4 heteroatoms. The number of hydrogen-bond acceptors (Lipinski definition) is 4. The van der Waals surface area contributed by atoms with Gasteiger partial charge >= 0.3 is 0 Å². The van der Waals surface area contributed by atoms with Crippen LogP contribution in [-0.2, 0) is 35.3 Å². The number of aliphatic hydroxyl groups excluding tert-OH is 2. The predicted octanol–water partition coefficient (Wildman–Crippen LogP) is 24.8. The highest BCUT2D eigenvalue weighted by Gasteiger charge is 2.68. The van der Waals surface area contributed by atoms with Gasteiger partial charge in [0.1, 0.15) is 11.6 Å². The number of carbonyl (C=O) groups excluding carboxylic acids is 2. The number of aliphatic hydroxyl groups is 2. The third-order valence-electron chi connectivity index (χ3n) is 33.4. The number of carbonyl (C=O) groups is 2. The first-order chi connectivity index (χ1) is 48.6. The summed E-state index contributed by atoms with van der Waals surface area (Å²) in [5.74, 6) is 10.3. The zero-order chi connectivity index (χ0) is 70.6. The molecule has 12 fully saturated rings. The maximum atomic E-state index is 13.4. The number of rotatable bonds is 0. The van der Waals surface area contributed by atoms with E-state index in [9.17, 15) is 19.8 Å². The van der Waals surface area contributed by atoms with E-state index in [0.717, 1.165) is 72.0 Å². The molecule has 4 nitrogen and oxygen atoms in total. The van der Waals surface area contributed by atoms with Crippen LogP contribution in [0.4, 0.5) is 0 Å². The molecule has 0 heterocycles. The largest absolute Gasteiger partial charge is 0.392 e. The minimum atomic E-state index is -0.0411. The molecular weight excluding hydrogens is 1220 g/mol. The molecule has 0 radical (unpaired) electrons. The molecule has 20 rings (SSSR count). The van der Waals surface area contributed by atoms with Crippen LogP contribution in [-0.4, -0.2) is 34.0 Å². The lowest BCUT2D eigenvalue weighted by Crippen LogP contribution is -2.45. The summed E-state index contributed by atoms with van der Waals surface area (Å²) in [6.07, 6.45) is 45.4. The normalized spacial score (nSPS) is 39.2. The van der Waals surface area contributed by atoms with E-state index in [1.54, 1.807) is 44.5 Å². The number of ketones is 2. The Morgan fingerprint density at radius 1 is 0.300 bits per heavy atom. The summed E-state index contributed by atoms with van der Waals surface area (Å²) in [6.45, 7) is 25.5. The molecule has 100 heavy (non-hydrogen) atoms. The third kappa shape index (κ3) is 12.1. The lowest BCUT2D eigenvalue weighted by atomic mass is 9.55. The highest BCUT2D eigenvalue weighted by Crippen LogP contribution is 2.72. The molecule has 16 aliphatic carbocycles. The fourth-order valence-electron chi connectivity index (χ4n) is 29.0. The van der Waals surface area contributed by atoms with Crippen LogP contribution >= 0.6 is 0 Å². The van der Waals surface area contributed by atoms with Gasteiger partial charge in [-0.3, -0.25) is 9.59 Å². The highest BCUT2D eigenvalue weighted by atomic mass is 16.3. The van der Waals surface area contributed by atoms with Gasteiger partial charge in [0.25, 0.3) is 0 Å². The Morgan fingerprint density at radius 3 is 0.840 bits per heavy atom. The summed E-state index contributed by atoms with van der Waals surface area (Å²) < 4.78 is 0. The van der Waals surface area contributed by atoms with Crippen LogP contribution in [0.15, 0.2) is 97.1 Å². The molecule has 4 aromatic rings. The maximum absolute atomic E-state index is 13.4. The van der Waals surface area contributed by atoms with Gasteiger partial charge in [-0.1, -0.05) is 232 Å². The van der Waals surface area contributed by atoms with Crippen molar-refractivity contribution in [1.82, 2.24) is 0 Å². The molecule has 4 spiro atoms. The van der Waals surface area contributed by atoms with E-state index in [-0.39, 0.29) is 55.5 Å². The number of Topliss-reactive ketones (excluding diaryl/α,β-unsaturated/α-hetero) is 2. The quantitative estimate of drug-likeness (QED) is 0.184. The van der Waals surface area contributed by atoms with E-state index in [1.807, 2.05) is 55.4 Å². The SMILES string of the molecule is CC.CC.CC.CC.C[C@@]12CC[C@H]3c4ccccc4CC[C@@H]3[C@H]1CC1(CCCC1)C2=O.C[C@@]12CC[C@H]3c4ccccc4CC[C@@H]3[C@H]1CC1(CCCC1)C2O.C[C@]12CC[C@@H]3c4ccccc4CC[C@H]3[C@@H]1CC1(CCCC1)C2=O.C[C@]12CC[C@@H]3c4ccccc4CC[C@H]3[C@@H]1CC1(CCCC1)C2O. The van der Waals surface area contributed by atoms with E-state index in [1.165, 1.54) is 218 Å². The highest BCUT2D eigenvalue weighted by molar-refractivity contribution is 5.94. The topological polar surface area (TPSA) is 74.6 Å². The summed E-state index contributed by atoms with van der Waals surface area (Å²) in [4.78, 5) is 26.8. The van der Waals surface area contributed by atoms with Gasteiger partial charge in [0.2, 0.25) is 0 Å². The molecule has 0 amide bonds. The molecule has 0 aromatic heterocycles. The van der Waals surface area contributed by atoms with E-state index in [4.69, 9.17) is 0 Å². The van der Waals surface area contributed by atoms with Crippen molar-refractivity contribution in [3.63, 3.8) is 0 Å². The molecule has 4 aromatic carbocycles. The first-order valence-corrected chi connectivity index (χ1v) is 43.3. The van der Waals surface area contributed by atoms with Crippen molar-refractivity contribution in [2.45, 2.75) is 350 Å². The first kappa shape index (κ1) is 74.4. The maximum Gasteiger partial charge on any atom is 0.145 e. The summed E-state index contributed by atoms with van der Waals surface area (Å²) >= 11 is 0. The molecule has 548 valence electrons. The van der Waals surface area contributed by atoms with Crippen LogP contribution in [0.5, 0.6) is 0 Å². The number of hydrogen-bond donors (Lipinski definition) is 2. The Balaban J connectivity index is 0.000000115. The van der Waals surface area contributed by atoms with E-state index < -0.39 is 0 Å². The zero-order valence-corrected chi connectivity index (χ0v) is 65.5. The molecular formula is C96H140O4. The molecule has 16 aliphatic rings. The van der Waals surface area contributed by atoms with Crippen molar-refractivity contribution < 1.29 is 19.8 Å². The molecule has 2 unspecified atom stereocenters. The van der Waals surface area contributed by atoms with Crippen LogP contribution in [0, 0.1) is 90.7 Å². The molecule has 0 aliphatic heterocycles. The summed E-state index contributed by atoms with van der Waals surface area (Å²) in [7, 11) is 0. The lowest BCUT2D eigenvalue weighted by molar-refractivity contribution is -0.136. The number of fused-ring (bicyclic) bond motifs is 20. The Hall–Kier alpha value is -3.86. The first-order valence-electron chi connectivity index (χ1n) is 43.3. The predicted molar refractivity (Wildman–Crippen MR) is 417 cm³/mol. The van der Waals surface area contributed by atoms with Crippen molar-refractivity contribution in [3.05, 3.63) is 142 Å². The van der Waals surface area contributed by atoms with Crippen LogP contribution in [0.2, 0.25) is 0 Å². The zero-order valence-electron chi connectivity index (χ0n) is 65.5. The smallest absolute Gasteiger partial charge is 0.145 e. The minimum Gasteiger partial charge on any atom is -0.392 e. The van der Waals surface area contributed by atoms with Gasteiger partial charge in [0, 0.05) is 21.7 Å². The molecule has 2 N–H and O–H groups in total. The Kier molecular flexibility index (Phi) is 22.2. The van der Waals surface area contributed by atoms with Crippen LogP contribution in [0.1, 0.15) is 357 Å². The fraction of sp³-hybridized carbons (Fsp3) is 0.729. The van der Waals surface area contributed by atoms with Gasteiger partial charge in [0.05, 0.1) is 12.2 Å². The molecule has 18 atom stereocenters. The van der Waals surface area contributed by atoms with Crippen molar-refractivity contribution >= 4 is 11.6 Å². The van der Waals surface area contributed by atoms with Gasteiger partial charge in [-0.15, -0.1) is 0 Å². The standard InChI is InChI=1S/2C22H30O.2C22H28O.4C2H6/c4*1-21-13-10-17-16-7-3-2-6-15(16)8-9-18(17)19(21)14-22(20(21)23)11-4-5-12-22;4*1-2/h2*2-3,6-7,17-20,23H,4-5,8-14H2,1H3;2*2-3,6-7,17-19H,4-5,8-14H2,1H3;4*1-2H3/t2*17-,18-,19+,20?,21+;2*17-,18-,19+,21+;;;;/m1010..../s1. The summed E-state index contributed by atoms with van der Waals surface area (Å²) in [6, 6.07) is 36.6. The van der Waals surface area contributed by atoms with Gasteiger partial charge < -0.3 is 10.2 Å². The molecule has 12 saturated carbocycles. The fourth-order valence-corrected chi connectivity index (χ4v) is 29.0. The average Bonchev–Trinajstić information content (AvgIpc) is 1.57. The molecule has 0 saturated heterocycles. The van der Waals surface area contributed by atoms with E-state index >= 15 is 0 Å². The Morgan fingerprint density at radius 2 is 0.550 bits per heavy atom. The molecule has 0 bridgehead atoms. The third-order valence-corrected chi connectivity index (χ3v) is 33.4. The summed E-state index contributed by atoms with van der Waals surface area (Å²) in [5.41, 5.74) is 14.0.